The third-order valence-corrected chi connectivity index (χ3v) is 4.31. The van der Waals surface area contributed by atoms with Crippen molar-refractivity contribution in [3.8, 4) is 5.75 Å². The van der Waals surface area contributed by atoms with Gasteiger partial charge in [-0.25, -0.2) is 0 Å². The van der Waals surface area contributed by atoms with E-state index in [9.17, 15) is 5.11 Å². The number of hydrogen-bond donors (Lipinski definition) is 2. The molecule has 0 aliphatic heterocycles. The topological polar surface area (TPSA) is 41.5 Å². The van der Waals surface area contributed by atoms with Gasteiger partial charge in [0.15, 0.2) is 0 Å². The maximum atomic E-state index is 9.57. The fraction of sp³-hybridized carbons (Fsp3) is 0.625. The summed E-state index contributed by atoms with van der Waals surface area (Å²) in [6.07, 6.45) is 3.81. The second kappa shape index (κ2) is 5.83. The highest BCUT2D eigenvalue weighted by Gasteiger charge is 2.21. The van der Waals surface area contributed by atoms with Crippen LogP contribution in [0.1, 0.15) is 42.4 Å². The summed E-state index contributed by atoms with van der Waals surface area (Å²) in [4.78, 5) is 0. The van der Waals surface area contributed by atoms with Crippen LogP contribution in [0.3, 0.4) is 0 Å². The molecular formula is C16H25NO2. The first-order valence-corrected chi connectivity index (χ1v) is 7.12. The standard InChI is InChI=1S/C16H25NO2/c1-10-9-15(19-4)11(2)12(3)16(10)17-13-5-7-14(18)8-6-13/h9,13-14,17-18H,5-8H2,1-4H3. The van der Waals surface area contributed by atoms with Gasteiger partial charge >= 0.3 is 0 Å². The first kappa shape index (κ1) is 14.2. The van der Waals surface area contributed by atoms with Crippen molar-refractivity contribution in [2.75, 3.05) is 12.4 Å². The van der Waals surface area contributed by atoms with Gasteiger partial charge in [0.05, 0.1) is 13.2 Å². The molecule has 2 N–H and O–H groups in total. The lowest BCUT2D eigenvalue weighted by Crippen LogP contribution is -2.28. The van der Waals surface area contributed by atoms with E-state index in [-0.39, 0.29) is 6.10 Å². The van der Waals surface area contributed by atoms with E-state index < -0.39 is 0 Å². The number of methoxy groups -OCH3 is 1. The molecule has 0 radical (unpaired) electrons. The van der Waals surface area contributed by atoms with Crippen LogP contribution in [0.15, 0.2) is 6.07 Å². The van der Waals surface area contributed by atoms with Crippen molar-refractivity contribution in [2.45, 2.75) is 58.6 Å². The predicted octanol–water partition coefficient (Wildman–Crippen LogP) is 3.34. The molecule has 0 saturated heterocycles. The molecule has 19 heavy (non-hydrogen) atoms. The average molecular weight is 263 g/mol. The first-order chi connectivity index (χ1) is 9.02. The van der Waals surface area contributed by atoms with Crippen LogP contribution in [-0.4, -0.2) is 24.4 Å². The van der Waals surface area contributed by atoms with E-state index in [1.807, 2.05) is 0 Å². The molecule has 1 fully saturated rings. The Labute approximate surface area is 116 Å². The van der Waals surface area contributed by atoms with Gasteiger partial charge in [-0.15, -0.1) is 0 Å². The number of nitrogens with one attached hydrogen (secondary N) is 1. The van der Waals surface area contributed by atoms with Gasteiger partial charge in [0.2, 0.25) is 0 Å². The van der Waals surface area contributed by atoms with Crippen molar-refractivity contribution in [3.63, 3.8) is 0 Å². The third kappa shape index (κ3) is 3.03. The van der Waals surface area contributed by atoms with E-state index in [4.69, 9.17) is 4.74 Å². The zero-order valence-corrected chi connectivity index (χ0v) is 12.4. The SMILES string of the molecule is COc1cc(C)c(NC2CCC(O)CC2)c(C)c1C. The summed E-state index contributed by atoms with van der Waals surface area (Å²) in [6.45, 7) is 6.36. The summed E-state index contributed by atoms with van der Waals surface area (Å²) in [7, 11) is 1.72. The van der Waals surface area contributed by atoms with Crippen molar-refractivity contribution in [3.05, 3.63) is 22.8 Å². The van der Waals surface area contributed by atoms with Crippen LogP contribution in [0, 0.1) is 20.8 Å². The van der Waals surface area contributed by atoms with E-state index in [0.717, 1.165) is 31.4 Å². The minimum Gasteiger partial charge on any atom is -0.496 e. The third-order valence-electron chi connectivity index (χ3n) is 4.31. The summed E-state index contributed by atoms with van der Waals surface area (Å²) in [5.74, 6) is 0.958. The molecule has 106 valence electrons. The van der Waals surface area contributed by atoms with Crippen LogP contribution in [0.2, 0.25) is 0 Å². The number of rotatable bonds is 3. The Balaban J connectivity index is 2.18. The molecule has 0 heterocycles. The zero-order valence-electron chi connectivity index (χ0n) is 12.4. The zero-order chi connectivity index (χ0) is 14.0. The van der Waals surface area contributed by atoms with Gasteiger partial charge in [-0.2, -0.15) is 0 Å². The lowest BCUT2D eigenvalue weighted by Gasteiger charge is -2.29. The lowest BCUT2D eigenvalue weighted by molar-refractivity contribution is 0.126. The predicted molar refractivity (Wildman–Crippen MR) is 79.1 cm³/mol. The minimum absolute atomic E-state index is 0.0992. The number of ether oxygens (including phenoxy) is 1. The number of hydrogen-bond acceptors (Lipinski definition) is 3. The molecule has 0 atom stereocenters. The lowest BCUT2D eigenvalue weighted by atomic mass is 9.92. The van der Waals surface area contributed by atoms with E-state index in [2.05, 4.69) is 32.2 Å². The van der Waals surface area contributed by atoms with Crippen LogP contribution < -0.4 is 10.1 Å². The molecule has 0 spiro atoms. The van der Waals surface area contributed by atoms with Gasteiger partial charge in [0, 0.05) is 11.7 Å². The second-order valence-corrected chi connectivity index (χ2v) is 5.67. The van der Waals surface area contributed by atoms with E-state index in [0.29, 0.717) is 6.04 Å². The second-order valence-electron chi connectivity index (χ2n) is 5.67. The van der Waals surface area contributed by atoms with E-state index >= 15 is 0 Å². The monoisotopic (exact) mass is 263 g/mol. The molecule has 2 rings (SSSR count). The fourth-order valence-electron chi connectivity index (χ4n) is 2.90. The van der Waals surface area contributed by atoms with Crippen molar-refractivity contribution < 1.29 is 9.84 Å². The molecular weight excluding hydrogens is 238 g/mol. The molecule has 1 aromatic rings. The number of aryl methyl sites for hydroxylation is 1. The maximum Gasteiger partial charge on any atom is 0.122 e. The van der Waals surface area contributed by atoms with Gasteiger partial charge in [-0.05, 0) is 69.2 Å². The van der Waals surface area contributed by atoms with Crippen molar-refractivity contribution >= 4 is 5.69 Å². The maximum absolute atomic E-state index is 9.57. The summed E-state index contributed by atoms with van der Waals surface area (Å²) in [5.41, 5.74) is 4.93. The Morgan fingerprint density at radius 3 is 2.32 bits per heavy atom. The van der Waals surface area contributed by atoms with Crippen molar-refractivity contribution in [2.24, 2.45) is 0 Å². The smallest absolute Gasteiger partial charge is 0.122 e. The Bertz CT molecular complexity index is 449. The number of anilines is 1. The molecule has 3 nitrogen and oxygen atoms in total. The van der Waals surface area contributed by atoms with Gasteiger partial charge in [0.25, 0.3) is 0 Å². The van der Waals surface area contributed by atoms with Gasteiger partial charge < -0.3 is 15.2 Å². The highest BCUT2D eigenvalue weighted by molar-refractivity contribution is 5.63. The number of benzene rings is 1. The molecule has 1 aromatic carbocycles. The summed E-state index contributed by atoms with van der Waals surface area (Å²) >= 11 is 0. The van der Waals surface area contributed by atoms with Crippen molar-refractivity contribution in [1.82, 2.24) is 0 Å². The minimum atomic E-state index is -0.0992. The van der Waals surface area contributed by atoms with Gasteiger partial charge in [0.1, 0.15) is 5.75 Å². The molecule has 3 heteroatoms. The highest BCUT2D eigenvalue weighted by atomic mass is 16.5. The summed E-state index contributed by atoms with van der Waals surface area (Å²) in [6, 6.07) is 2.58. The molecule has 0 amide bonds. The normalized spacial score (nSPS) is 23.2. The van der Waals surface area contributed by atoms with Gasteiger partial charge in [-0.1, -0.05) is 0 Å². The van der Waals surface area contributed by atoms with E-state index in [1.165, 1.54) is 22.4 Å². The van der Waals surface area contributed by atoms with Gasteiger partial charge in [-0.3, -0.25) is 0 Å². The van der Waals surface area contributed by atoms with Crippen molar-refractivity contribution in [1.29, 1.82) is 0 Å². The Hall–Kier alpha value is -1.22. The Kier molecular flexibility index (Phi) is 4.35. The summed E-state index contributed by atoms with van der Waals surface area (Å²) < 4.78 is 5.40. The molecule has 0 aromatic heterocycles. The van der Waals surface area contributed by atoms with Crippen LogP contribution in [0.5, 0.6) is 5.75 Å². The molecule has 1 aliphatic carbocycles. The molecule has 0 unspecified atom stereocenters. The number of aliphatic hydroxyl groups is 1. The Morgan fingerprint density at radius 2 is 1.74 bits per heavy atom. The largest absolute Gasteiger partial charge is 0.496 e. The van der Waals surface area contributed by atoms with Crippen LogP contribution in [0.4, 0.5) is 5.69 Å². The first-order valence-electron chi connectivity index (χ1n) is 7.12. The summed E-state index contributed by atoms with van der Waals surface area (Å²) in [5, 5.41) is 13.2. The quantitative estimate of drug-likeness (QED) is 0.879. The Morgan fingerprint density at radius 1 is 1.11 bits per heavy atom. The van der Waals surface area contributed by atoms with Crippen LogP contribution >= 0.6 is 0 Å². The molecule has 0 bridgehead atoms. The van der Waals surface area contributed by atoms with Crippen LogP contribution in [-0.2, 0) is 0 Å². The van der Waals surface area contributed by atoms with E-state index in [1.54, 1.807) is 7.11 Å². The molecule has 1 aliphatic rings. The van der Waals surface area contributed by atoms with Crippen LogP contribution in [0.25, 0.3) is 0 Å². The number of aliphatic hydroxyl groups excluding tert-OH is 1. The highest BCUT2D eigenvalue weighted by Crippen LogP contribution is 2.33. The average Bonchev–Trinajstić information content (AvgIpc) is 2.41. The fourth-order valence-corrected chi connectivity index (χ4v) is 2.90. The molecule has 1 saturated carbocycles.